The number of nitrogens with one attached hydrogen (secondary N) is 3. The second-order valence-electron chi connectivity index (χ2n) is 10.1. The molecule has 3 aromatic rings. The van der Waals surface area contributed by atoms with Gasteiger partial charge in [-0.25, -0.2) is 8.42 Å². The summed E-state index contributed by atoms with van der Waals surface area (Å²) in [5, 5.41) is 6.11. The molecule has 1 heterocycles. The summed E-state index contributed by atoms with van der Waals surface area (Å²) in [5.74, 6) is -0.216. The van der Waals surface area contributed by atoms with Gasteiger partial charge in [-0.15, -0.1) is 0 Å². The Bertz CT molecular complexity index is 1500. The number of likely N-dealkylation sites (tertiary alicyclic amines) is 1. The molecule has 1 fully saturated rings. The molecular weight excluding hydrogens is 599 g/mol. The number of benzene rings is 3. The van der Waals surface area contributed by atoms with Gasteiger partial charge in [0.05, 0.1) is 22.2 Å². The van der Waals surface area contributed by atoms with Crippen molar-refractivity contribution in [3.63, 3.8) is 0 Å². The van der Waals surface area contributed by atoms with Crippen LogP contribution in [0.5, 0.6) is 11.5 Å². The maximum absolute atomic E-state index is 13.1. The molecule has 42 heavy (non-hydrogen) atoms. The highest BCUT2D eigenvalue weighted by molar-refractivity contribution is 7.92. The maximum atomic E-state index is 13.1. The third kappa shape index (κ3) is 8.84. The second-order valence-corrected chi connectivity index (χ2v) is 12.6. The van der Waals surface area contributed by atoms with Crippen molar-refractivity contribution in [3.05, 3.63) is 82.3 Å². The summed E-state index contributed by atoms with van der Waals surface area (Å²) in [6.45, 7) is 4.64. The van der Waals surface area contributed by atoms with E-state index in [9.17, 15) is 18.0 Å². The number of hydrogen-bond donors (Lipinski definition) is 3. The van der Waals surface area contributed by atoms with Gasteiger partial charge in [0, 0.05) is 29.7 Å². The van der Waals surface area contributed by atoms with Crippen LogP contribution in [0, 0.1) is 0 Å². The third-order valence-electron chi connectivity index (χ3n) is 6.97. The number of hydrogen-bond acceptors (Lipinski definition) is 6. The number of piperidine rings is 1. The molecule has 2 amide bonds. The topological polar surface area (TPSA) is 117 Å². The van der Waals surface area contributed by atoms with Gasteiger partial charge in [0.25, 0.3) is 15.9 Å². The third-order valence-corrected chi connectivity index (χ3v) is 8.88. The number of para-hydroxylation sites is 2. The van der Waals surface area contributed by atoms with Gasteiger partial charge in [-0.3, -0.25) is 14.3 Å². The van der Waals surface area contributed by atoms with Crippen molar-refractivity contribution in [3.8, 4) is 11.5 Å². The highest BCUT2D eigenvalue weighted by atomic mass is 35.5. The predicted octanol–water partition coefficient (Wildman–Crippen LogP) is 5.70. The van der Waals surface area contributed by atoms with E-state index in [2.05, 4.69) is 27.2 Å². The number of ether oxygens (including phenoxy) is 1. The van der Waals surface area contributed by atoms with Gasteiger partial charge >= 0.3 is 0 Å². The van der Waals surface area contributed by atoms with Crippen LogP contribution in [0.3, 0.4) is 0 Å². The zero-order valence-corrected chi connectivity index (χ0v) is 25.6. The predicted molar refractivity (Wildman–Crippen MR) is 165 cm³/mol. The van der Waals surface area contributed by atoms with Gasteiger partial charge in [0.1, 0.15) is 5.75 Å². The van der Waals surface area contributed by atoms with Gasteiger partial charge < -0.3 is 20.3 Å². The molecule has 224 valence electrons. The molecule has 3 N–H and O–H groups in total. The summed E-state index contributed by atoms with van der Waals surface area (Å²) in [4.78, 5) is 27.1. The largest absolute Gasteiger partial charge is 0.454 e. The molecule has 9 nitrogen and oxygen atoms in total. The molecule has 12 heteroatoms. The van der Waals surface area contributed by atoms with E-state index in [4.69, 9.17) is 27.9 Å². The smallest absolute Gasteiger partial charge is 0.262 e. The first kappa shape index (κ1) is 31.6. The molecule has 0 saturated carbocycles. The number of rotatable bonds is 12. The highest BCUT2D eigenvalue weighted by Crippen LogP contribution is 2.35. The second kappa shape index (κ2) is 14.7. The number of carbonyl (C=O) groups is 2. The van der Waals surface area contributed by atoms with E-state index in [1.165, 1.54) is 49.6 Å². The molecule has 0 spiro atoms. The lowest BCUT2D eigenvalue weighted by atomic mass is 10.0. The summed E-state index contributed by atoms with van der Waals surface area (Å²) in [6, 6.07) is 17.2. The minimum absolute atomic E-state index is 0.0563. The normalized spacial score (nSPS) is 15.5. The average Bonchev–Trinajstić information content (AvgIpc) is 2.97. The van der Waals surface area contributed by atoms with Crippen molar-refractivity contribution >= 4 is 50.7 Å². The van der Waals surface area contributed by atoms with Crippen LogP contribution < -0.4 is 20.1 Å². The Labute approximate surface area is 256 Å². The summed E-state index contributed by atoms with van der Waals surface area (Å²) in [5.41, 5.74) is 0.420. The number of amides is 2. The molecule has 1 aliphatic heterocycles. The minimum atomic E-state index is -4.02. The van der Waals surface area contributed by atoms with Gasteiger partial charge in [0.15, 0.2) is 5.75 Å². The Morgan fingerprint density at radius 3 is 2.48 bits per heavy atom. The fraction of sp³-hybridized carbons (Fsp3) is 0.333. The van der Waals surface area contributed by atoms with Crippen LogP contribution in [0.25, 0.3) is 0 Å². The minimum Gasteiger partial charge on any atom is -0.454 e. The molecule has 1 atom stereocenters. The summed E-state index contributed by atoms with van der Waals surface area (Å²) < 4.78 is 34.5. The van der Waals surface area contributed by atoms with Crippen molar-refractivity contribution in [2.24, 2.45) is 0 Å². The van der Waals surface area contributed by atoms with E-state index < -0.39 is 15.9 Å². The zero-order valence-electron chi connectivity index (χ0n) is 23.2. The summed E-state index contributed by atoms with van der Waals surface area (Å²) in [7, 11) is -4.02. The van der Waals surface area contributed by atoms with Gasteiger partial charge in [-0.1, -0.05) is 41.8 Å². The SMILES string of the molecule is CC1CCCCN1CCCNC(=O)CNC(=O)c1ccc(S(=O)(=O)Nc2ccccc2Oc2ccc(Cl)cc2Cl)cc1. The van der Waals surface area contributed by atoms with Crippen LogP contribution in [0.15, 0.2) is 71.6 Å². The highest BCUT2D eigenvalue weighted by Gasteiger charge is 2.19. The number of carbonyl (C=O) groups excluding carboxylic acids is 2. The molecule has 0 radical (unpaired) electrons. The molecule has 1 aliphatic rings. The van der Waals surface area contributed by atoms with Crippen molar-refractivity contribution in [1.82, 2.24) is 15.5 Å². The van der Waals surface area contributed by atoms with Gasteiger partial charge in [-0.2, -0.15) is 0 Å². The van der Waals surface area contributed by atoms with Crippen LogP contribution in [0.1, 0.15) is 43.0 Å². The Balaban J connectivity index is 1.28. The van der Waals surface area contributed by atoms with Crippen molar-refractivity contribution in [1.29, 1.82) is 0 Å². The Morgan fingerprint density at radius 2 is 1.74 bits per heavy atom. The van der Waals surface area contributed by atoms with E-state index in [-0.39, 0.29) is 39.4 Å². The molecule has 0 aromatic heterocycles. The van der Waals surface area contributed by atoms with Gasteiger partial charge in [0.2, 0.25) is 5.91 Å². The maximum Gasteiger partial charge on any atom is 0.262 e. The lowest BCUT2D eigenvalue weighted by Gasteiger charge is -2.33. The first-order valence-electron chi connectivity index (χ1n) is 13.8. The summed E-state index contributed by atoms with van der Waals surface area (Å²) in [6.07, 6.45) is 4.55. The lowest BCUT2D eigenvalue weighted by Crippen LogP contribution is -2.40. The first-order chi connectivity index (χ1) is 20.1. The van der Waals surface area contributed by atoms with E-state index in [1.54, 1.807) is 36.4 Å². The average molecular weight is 634 g/mol. The Kier molecular flexibility index (Phi) is 11.1. The van der Waals surface area contributed by atoms with Crippen LogP contribution in [-0.4, -0.2) is 57.4 Å². The molecule has 1 unspecified atom stereocenters. The fourth-order valence-corrected chi connectivity index (χ4v) is 6.15. The van der Waals surface area contributed by atoms with Crippen LogP contribution in [0.4, 0.5) is 5.69 Å². The molecule has 4 rings (SSSR count). The first-order valence-corrected chi connectivity index (χ1v) is 16.0. The molecule has 1 saturated heterocycles. The standard InChI is InChI=1S/C30H34Cl2N4O5S/c1-21-7-4-5-17-36(21)18-6-16-33-29(37)20-34-30(38)22-10-13-24(14-11-22)42(39,40)35-26-8-2-3-9-28(26)41-27-15-12-23(31)19-25(27)32/h2-3,8-15,19,21,35H,4-7,16-18,20H2,1H3,(H,33,37)(H,34,38). The van der Waals surface area contributed by atoms with Crippen molar-refractivity contribution < 1.29 is 22.7 Å². The number of sulfonamides is 1. The molecular formula is C30H34Cl2N4O5S. The van der Waals surface area contributed by atoms with E-state index in [0.29, 0.717) is 23.4 Å². The monoisotopic (exact) mass is 632 g/mol. The van der Waals surface area contributed by atoms with Gasteiger partial charge in [-0.05, 0) is 87.3 Å². The van der Waals surface area contributed by atoms with Crippen molar-refractivity contribution in [2.45, 2.75) is 43.5 Å². The molecule has 3 aromatic carbocycles. The van der Waals surface area contributed by atoms with Crippen LogP contribution >= 0.6 is 23.2 Å². The Hall–Kier alpha value is -3.31. The summed E-state index contributed by atoms with van der Waals surface area (Å²) >= 11 is 12.1. The zero-order chi connectivity index (χ0) is 30.1. The van der Waals surface area contributed by atoms with E-state index >= 15 is 0 Å². The Morgan fingerprint density at radius 1 is 0.976 bits per heavy atom. The van der Waals surface area contributed by atoms with Crippen LogP contribution in [0.2, 0.25) is 10.0 Å². The lowest BCUT2D eigenvalue weighted by molar-refractivity contribution is -0.120. The molecule has 0 bridgehead atoms. The number of halogens is 2. The fourth-order valence-electron chi connectivity index (χ4n) is 4.63. The van der Waals surface area contributed by atoms with E-state index in [1.807, 2.05) is 0 Å². The van der Waals surface area contributed by atoms with Crippen molar-refractivity contribution in [2.75, 3.05) is 30.9 Å². The van der Waals surface area contributed by atoms with E-state index in [0.717, 1.165) is 19.5 Å². The number of nitrogens with zero attached hydrogens (tertiary/aromatic N) is 1. The number of anilines is 1. The van der Waals surface area contributed by atoms with Crippen LogP contribution in [-0.2, 0) is 14.8 Å². The molecule has 0 aliphatic carbocycles. The quantitative estimate of drug-likeness (QED) is 0.221.